The minimum atomic E-state index is -0.208. The third-order valence-electron chi connectivity index (χ3n) is 1.53. The number of rotatable bonds is 0. The van der Waals surface area contributed by atoms with Gasteiger partial charge in [0.25, 0.3) is 0 Å². The Kier molecular flexibility index (Phi) is 2.33. The summed E-state index contributed by atoms with van der Waals surface area (Å²) in [6.07, 6.45) is 8.34. The molecule has 0 radical (unpaired) electrons. The molecular formula is C6H10ClN. The third kappa shape index (κ3) is 1.15. The summed E-state index contributed by atoms with van der Waals surface area (Å²) >= 11 is 0. The number of hydrogen-bond donors (Lipinski definition) is 1. The Morgan fingerprint density at radius 1 is 1.50 bits per heavy atom. The molecule has 1 fully saturated rings. The van der Waals surface area contributed by atoms with Gasteiger partial charge in [-0.2, -0.15) is 0 Å². The Balaban J connectivity index is 0.000000490. The molecule has 0 aromatic heterocycles. The summed E-state index contributed by atoms with van der Waals surface area (Å²) < 4.78 is 0. The Morgan fingerprint density at radius 2 is 2.00 bits per heavy atom. The smallest absolute Gasteiger partial charge is 0.0773 e. The highest BCUT2D eigenvalue weighted by atomic mass is 35.5. The van der Waals surface area contributed by atoms with E-state index in [0.717, 1.165) is 12.8 Å². The Hall–Kier alpha value is -0.190. The Labute approximate surface area is 56.1 Å². The number of halogens is 1. The summed E-state index contributed by atoms with van der Waals surface area (Å²) in [5.41, 5.74) is 5.36. The number of hydrogen-bond acceptors (Lipinski definition) is 1. The van der Waals surface area contributed by atoms with Gasteiger partial charge in [-0.1, -0.05) is 5.92 Å². The third-order valence-corrected chi connectivity index (χ3v) is 1.53. The minimum absolute atomic E-state index is 0. The van der Waals surface area contributed by atoms with E-state index in [9.17, 15) is 0 Å². The maximum absolute atomic E-state index is 5.57. The predicted octanol–water partition coefficient (Wildman–Crippen LogP) is 0.923. The van der Waals surface area contributed by atoms with Crippen LogP contribution in [0.1, 0.15) is 19.3 Å². The van der Waals surface area contributed by atoms with Gasteiger partial charge in [0, 0.05) is 0 Å². The van der Waals surface area contributed by atoms with Gasteiger partial charge in [-0.3, -0.25) is 0 Å². The highest BCUT2D eigenvalue weighted by Gasteiger charge is 2.29. The van der Waals surface area contributed by atoms with E-state index in [-0.39, 0.29) is 17.9 Å². The second-order valence-corrected chi connectivity index (χ2v) is 2.15. The fourth-order valence-corrected chi connectivity index (χ4v) is 0.702. The molecule has 1 saturated carbocycles. The van der Waals surface area contributed by atoms with E-state index < -0.39 is 0 Å². The molecule has 0 amide bonds. The molecule has 1 nitrogen and oxygen atoms in total. The molecule has 0 spiro atoms. The highest BCUT2D eigenvalue weighted by Crippen LogP contribution is 2.27. The molecular weight excluding hydrogens is 122 g/mol. The van der Waals surface area contributed by atoms with Crippen molar-refractivity contribution in [1.29, 1.82) is 0 Å². The summed E-state index contributed by atoms with van der Waals surface area (Å²) in [5.74, 6) is 2.56. The van der Waals surface area contributed by atoms with Gasteiger partial charge in [-0.05, 0) is 19.3 Å². The van der Waals surface area contributed by atoms with Crippen molar-refractivity contribution >= 4 is 12.4 Å². The van der Waals surface area contributed by atoms with Crippen molar-refractivity contribution in [2.24, 2.45) is 5.73 Å². The van der Waals surface area contributed by atoms with E-state index in [1.807, 2.05) is 0 Å². The molecule has 0 unspecified atom stereocenters. The molecule has 0 heterocycles. The lowest BCUT2D eigenvalue weighted by atomic mass is 9.79. The molecule has 0 saturated heterocycles. The van der Waals surface area contributed by atoms with Crippen LogP contribution in [0.5, 0.6) is 0 Å². The van der Waals surface area contributed by atoms with Gasteiger partial charge in [0.2, 0.25) is 0 Å². The van der Waals surface area contributed by atoms with E-state index in [4.69, 9.17) is 12.2 Å². The lowest BCUT2D eigenvalue weighted by Gasteiger charge is -2.32. The van der Waals surface area contributed by atoms with Crippen LogP contribution in [0.15, 0.2) is 0 Å². The first-order chi connectivity index (χ1) is 3.27. The SMILES string of the molecule is C#CC1(N)CCC1.Cl. The van der Waals surface area contributed by atoms with Crippen LogP contribution in [0.4, 0.5) is 0 Å². The molecule has 1 aliphatic carbocycles. The van der Waals surface area contributed by atoms with Crippen LogP contribution in [0.3, 0.4) is 0 Å². The van der Waals surface area contributed by atoms with E-state index in [1.54, 1.807) is 0 Å². The molecule has 1 aliphatic rings. The van der Waals surface area contributed by atoms with Gasteiger partial charge in [0.1, 0.15) is 0 Å². The van der Waals surface area contributed by atoms with E-state index >= 15 is 0 Å². The van der Waals surface area contributed by atoms with Crippen LogP contribution >= 0.6 is 12.4 Å². The zero-order valence-electron chi connectivity index (χ0n) is 4.68. The molecule has 0 atom stereocenters. The Morgan fingerprint density at radius 3 is 2.00 bits per heavy atom. The zero-order chi connectivity index (χ0) is 5.33. The average molecular weight is 132 g/mol. The average Bonchev–Trinajstić information content (AvgIpc) is 1.61. The van der Waals surface area contributed by atoms with Gasteiger partial charge >= 0.3 is 0 Å². The van der Waals surface area contributed by atoms with Crippen molar-refractivity contribution in [3.8, 4) is 12.3 Å². The fourth-order valence-electron chi connectivity index (χ4n) is 0.702. The molecule has 2 N–H and O–H groups in total. The van der Waals surface area contributed by atoms with Crippen molar-refractivity contribution in [2.45, 2.75) is 24.8 Å². The first-order valence-electron chi connectivity index (χ1n) is 2.53. The van der Waals surface area contributed by atoms with Gasteiger partial charge in [-0.15, -0.1) is 18.8 Å². The maximum Gasteiger partial charge on any atom is 0.0773 e. The second kappa shape index (κ2) is 2.39. The van der Waals surface area contributed by atoms with Crippen LogP contribution in [-0.4, -0.2) is 5.54 Å². The summed E-state index contributed by atoms with van der Waals surface area (Å²) in [6.45, 7) is 0. The van der Waals surface area contributed by atoms with Crippen LogP contribution in [0, 0.1) is 12.3 Å². The number of terminal acetylenes is 1. The zero-order valence-corrected chi connectivity index (χ0v) is 5.50. The normalized spacial score (nSPS) is 22.0. The molecule has 0 bridgehead atoms. The highest BCUT2D eigenvalue weighted by molar-refractivity contribution is 5.85. The lowest BCUT2D eigenvalue weighted by Crippen LogP contribution is -2.44. The summed E-state index contributed by atoms with van der Waals surface area (Å²) in [7, 11) is 0. The van der Waals surface area contributed by atoms with E-state index in [0.29, 0.717) is 0 Å². The molecule has 0 aromatic carbocycles. The van der Waals surface area contributed by atoms with Crippen LogP contribution < -0.4 is 5.73 Å². The molecule has 8 heavy (non-hydrogen) atoms. The largest absolute Gasteiger partial charge is 0.315 e. The Bertz CT molecular complexity index is 110. The predicted molar refractivity (Wildman–Crippen MR) is 36.9 cm³/mol. The summed E-state index contributed by atoms with van der Waals surface area (Å²) in [5, 5.41) is 0. The van der Waals surface area contributed by atoms with Gasteiger partial charge in [0.15, 0.2) is 0 Å². The number of nitrogens with two attached hydrogens (primary N) is 1. The second-order valence-electron chi connectivity index (χ2n) is 2.15. The fraction of sp³-hybridized carbons (Fsp3) is 0.667. The van der Waals surface area contributed by atoms with E-state index in [1.165, 1.54) is 6.42 Å². The summed E-state index contributed by atoms with van der Waals surface area (Å²) in [6, 6.07) is 0. The van der Waals surface area contributed by atoms with Crippen molar-refractivity contribution in [3.63, 3.8) is 0 Å². The van der Waals surface area contributed by atoms with Gasteiger partial charge in [-0.25, -0.2) is 0 Å². The van der Waals surface area contributed by atoms with Gasteiger partial charge in [0.05, 0.1) is 5.54 Å². The standard InChI is InChI=1S/C6H9N.ClH/c1-2-6(7)4-3-5-6;/h1H,3-5,7H2;1H. The quantitative estimate of drug-likeness (QED) is 0.487. The first-order valence-corrected chi connectivity index (χ1v) is 2.53. The molecule has 46 valence electrons. The molecule has 0 aliphatic heterocycles. The topological polar surface area (TPSA) is 26.0 Å². The summed E-state index contributed by atoms with van der Waals surface area (Å²) in [4.78, 5) is 0. The van der Waals surface area contributed by atoms with Crippen molar-refractivity contribution < 1.29 is 0 Å². The van der Waals surface area contributed by atoms with Crippen LogP contribution in [0.2, 0.25) is 0 Å². The maximum atomic E-state index is 5.57. The molecule has 0 aromatic rings. The van der Waals surface area contributed by atoms with Crippen LogP contribution in [-0.2, 0) is 0 Å². The first kappa shape index (κ1) is 7.81. The van der Waals surface area contributed by atoms with Crippen molar-refractivity contribution in [1.82, 2.24) is 0 Å². The van der Waals surface area contributed by atoms with Crippen molar-refractivity contribution in [2.75, 3.05) is 0 Å². The molecule has 1 rings (SSSR count). The van der Waals surface area contributed by atoms with Crippen LogP contribution in [0.25, 0.3) is 0 Å². The van der Waals surface area contributed by atoms with Gasteiger partial charge < -0.3 is 5.73 Å². The van der Waals surface area contributed by atoms with Crippen molar-refractivity contribution in [3.05, 3.63) is 0 Å². The van der Waals surface area contributed by atoms with E-state index in [2.05, 4.69) is 5.92 Å². The monoisotopic (exact) mass is 131 g/mol. The minimum Gasteiger partial charge on any atom is -0.315 e. The molecule has 2 heteroatoms. The lowest BCUT2D eigenvalue weighted by molar-refractivity contribution is 0.331.